The van der Waals surface area contributed by atoms with Crippen LogP contribution in [0.4, 0.5) is 10.5 Å². The van der Waals surface area contributed by atoms with E-state index in [4.69, 9.17) is 10.5 Å². The monoisotopic (exact) mass is 279 g/mol. The molecule has 0 radical (unpaired) electrons. The Labute approximate surface area is 118 Å². The Morgan fingerprint density at radius 3 is 2.45 bits per heavy atom. The van der Waals surface area contributed by atoms with Crippen molar-refractivity contribution >= 4 is 17.6 Å². The number of methoxy groups -OCH3 is 1. The van der Waals surface area contributed by atoms with Crippen LogP contribution in [0.15, 0.2) is 24.3 Å². The number of carbonyl (C=O) groups excluding carboxylic acids is 2. The highest BCUT2D eigenvalue weighted by atomic mass is 16.5. The molecule has 1 rings (SSSR count). The van der Waals surface area contributed by atoms with Crippen molar-refractivity contribution in [3.63, 3.8) is 0 Å². The predicted octanol–water partition coefficient (Wildman–Crippen LogP) is 1.86. The summed E-state index contributed by atoms with van der Waals surface area (Å²) in [5, 5.41) is 5.33. The molecule has 0 heterocycles. The van der Waals surface area contributed by atoms with E-state index in [2.05, 4.69) is 10.6 Å². The largest absolute Gasteiger partial charge is 0.497 e. The fourth-order valence-electron chi connectivity index (χ4n) is 1.70. The van der Waals surface area contributed by atoms with E-state index in [1.54, 1.807) is 31.4 Å². The molecule has 0 bridgehead atoms. The number of hydrogen-bond acceptors (Lipinski definition) is 3. The first-order valence-corrected chi connectivity index (χ1v) is 6.59. The number of primary amides is 1. The van der Waals surface area contributed by atoms with Crippen LogP contribution in [0.5, 0.6) is 5.75 Å². The van der Waals surface area contributed by atoms with Gasteiger partial charge in [0, 0.05) is 18.7 Å². The summed E-state index contributed by atoms with van der Waals surface area (Å²) in [5.74, 6) is 0.739. The van der Waals surface area contributed by atoms with Gasteiger partial charge in [-0.1, -0.05) is 6.42 Å². The average Bonchev–Trinajstić information content (AvgIpc) is 2.43. The molecule has 3 amide bonds. The Balaban J connectivity index is 2.15. The first-order chi connectivity index (χ1) is 9.61. The van der Waals surface area contributed by atoms with E-state index in [1.165, 1.54) is 0 Å². The van der Waals surface area contributed by atoms with Gasteiger partial charge in [0.05, 0.1) is 7.11 Å². The van der Waals surface area contributed by atoms with E-state index in [0.29, 0.717) is 13.0 Å². The molecule has 0 saturated heterocycles. The maximum atomic E-state index is 11.7. The second-order valence-electron chi connectivity index (χ2n) is 4.38. The normalized spacial score (nSPS) is 9.85. The average molecular weight is 279 g/mol. The third-order valence-electron chi connectivity index (χ3n) is 2.75. The van der Waals surface area contributed by atoms with Crippen molar-refractivity contribution in [1.82, 2.24) is 5.32 Å². The van der Waals surface area contributed by atoms with E-state index in [1.807, 2.05) is 0 Å². The number of ether oxygens (including phenoxy) is 1. The molecule has 0 aliphatic heterocycles. The quantitative estimate of drug-likeness (QED) is 0.634. The van der Waals surface area contributed by atoms with Crippen LogP contribution in [-0.4, -0.2) is 25.6 Å². The summed E-state index contributed by atoms with van der Waals surface area (Å²) >= 11 is 0. The minimum atomic E-state index is -0.512. The maximum absolute atomic E-state index is 11.7. The Kier molecular flexibility index (Phi) is 6.95. The Bertz CT molecular complexity index is 432. The van der Waals surface area contributed by atoms with Crippen LogP contribution < -0.4 is 21.1 Å². The summed E-state index contributed by atoms with van der Waals surface area (Å²) in [6.45, 7) is 0.551. The van der Waals surface area contributed by atoms with Crippen molar-refractivity contribution in [1.29, 1.82) is 0 Å². The zero-order valence-electron chi connectivity index (χ0n) is 11.6. The molecule has 0 aliphatic carbocycles. The number of anilines is 1. The molecule has 0 aromatic heterocycles. The van der Waals surface area contributed by atoms with Gasteiger partial charge in [-0.15, -0.1) is 0 Å². The molecule has 0 aliphatic rings. The van der Waals surface area contributed by atoms with E-state index < -0.39 is 6.03 Å². The summed E-state index contributed by atoms with van der Waals surface area (Å²) in [5.41, 5.74) is 5.69. The molecular weight excluding hydrogens is 258 g/mol. The van der Waals surface area contributed by atoms with Gasteiger partial charge < -0.3 is 21.1 Å². The summed E-state index contributed by atoms with van der Waals surface area (Å²) in [6, 6.07) is 6.68. The number of nitrogens with two attached hydrogens (primary N) is 1. The number of hydrogen-bond donors (Lipinski definition) is 3. The van der Waals surface area contributed by atoms with Crippen LogP contribution >= 0.6 is 0 Å². The van der Waals surface area contributed by atoms with Crippen molar-refractivity contribution in [2.75, 3.05) is 19.0 Å². The van der Waals surface area contributed by atoms with Gasteiger partial charge in [0.1, 0.15) is 5.75 Å². The minimum absolute atomic E-state index is 0.0157. The molecule has 0 spiro atoms. The summed E-state index contributed by atoms with van der Waals surface area (Å²) in [4.78, 5) is 22.1. The highest BCUT2D eigenvalue weighted by Crippen LogP contribution is 2.15. The maximum Gasteiger partial charge on any atom is 0.312 e. The molecular formula is C14H21N3O3. The van der Waals surface area contributed by atoms with Crippen molar-refractivity contribution in [3.8, 4) is 5.75 Å². The lowest BCUT2D eigenvalue weighted by molar-refractivity contribution is -0.116. The van der Waals surface area contributed by atoms with Crippen molar-refractivity contribution < 1.29 is 14.3 Å². The van der Waals surface area contributed by atoms with E-state index >= 15 is 0 Å². The zero-order chi connectivity index (χ0) is 14.8. The summed E-state index contributed by atoms with van der Waals surface area (Å²) in [7, 11) is 1.60. The summed E-state index contributed by atoms with van der Waals surface area (Å²) in [6.07, 6.45) is 2.93. The second-order valence-corrected chi connectivity index (χ2v) is 4.38. The van der Waals surface area contributed by atoms with Gasteiger partial charge in [-0.2, -0.15) is 0 Å². The molecule has 0 atom stereocenters. The van der Waals surface area contributed by atoms with Crippen LogP contribution in [0, 0.1) is 0 Å². The van der Waals surface area contributed by atoms with Crippen LogP contribution in [0.3, 0.4) is 0 Å². The minimum Gasteiger partial charge on any atom is -0.497 e. The Morgan fingerprint density at radius 2 is 1.85 bits per heavy atom. The van der Waals surface area contributed by atoms with Gasteiger partial charge in [0.15, 0.2) is 0 Å². The lowest BCUT2D eigenvalue weighted by atomic mass is 10.2. The number of amides is 3. The molecule has 0 saturated carbocycles. The fourth-order valence-corrected chi connectivity index (χ4v) is 1.70. The molecule has 0 fully saturated rings. The molecule has 6 nitrogen and oxygen atoms in total. The van der Waals surface area contributed by atoms with Gasteiger partial charge in [-0.05, 0) is 37.1 Å². The number of urea groups is 1. The molecule has 1 aromatic carbocycles. The van der Waals surface area contributed by atoms with Gasteiger partial charge in [-0.25, -0.2) is 4.79 Å². The third kappa shape index (κ3) is 6.63. The Hall–Kier alpha value is -2.24. The third-order valence-corrected chi connectivity index (χ3v) is 2.75. The molecule has 1 aromatic rings. The van der Waals surface area contributed by atoms with Gasteiger partial charge in [0.2, 0.25) is 5.91 Å². The second kappa shape index (κ2) is 8.79. The summed E-state index contributed by atoms with van der Waals surface area (Å²) < 4.78 is 5.04. The smallest absolute Gasteiger partial charge is 0.312 e. The van der Waals surface area contributed by atoms with Crippen LogP contribution in [0.2, 0.25) is 0 Å². The van der Waals surface area contributed by atoms with Gasteiger partial charge in [-0.3, -0.25) is 4.79 Å². The molecule has 6 heteroatoms. The van der Waals surface area contributed by atoms with Crippen LogP contribution in [-0.2, 0) is 4.79 Å². The number of rotatable bonds is 8. The highest BCUT2D eigenvalue weighted by Gasteiger charge is 2.02. The van der Waals surface area contributed by atoms with E-state index in [9.17, 15) is 9.59 Å². The topological polar surface area (TPSA) is 93.4 Å². The number of benzene rings is 1. The van der Waals surface area contributed by atoms with Gasteiger partial charge in [0.25, 0.3) is 0 Å². The van der Waals surface area contributed by atoms with Crippen LogP contribution in [0.25, 0.3) is 0 Å². The number of unbranched alkanes of at least 4 members (excludes halogenated alkanes) is 2. The van der Waals surface area contributed by atoms with Gasteiger partial charge >= 0.3 is 6.03 Å². The van der Waals surface area contributed by atoms with Crippen molar-refractivity contribution in [2.45, 2.75) is 25.7 Å². The molecule has 20 heavy (non-hydrogen) atoms. The number of nitrogens with one attached hydrogen (secondary N) is 2. The SMILES string of the molecule is COc1ccc(NC(=O)CCCCCNC(N)=O)cc1. The first-order valence-electron chi connectivity index (χ1n) is 6.59. The van der Waals surface area contributed by atoms with E-state index in [-0.39, 0.29) is 5.91 Å². The predicted molar refractivity (Wildman–Crippen MR) is 77.7 cm³/mol. The van der Waals surface area contributed by atoms with Crippen LogP contribution in [0.1, 0.15) is 25.7 Å². The number of carbonyl (C=O) groups is 2. The first kappa shape index (κ1) is 15.8. The van der Waals surface area contributed by atoms with Crippen molar-refractivity contribution in [2.24, 2.45) is 5.73 Å². The molecule has 0 unspecified atom stereocenters. The molecule has 4 N–H and O–H groups in total. The zero-order valence-corrected chi connectivity index (χ0v) is 11.6. The molecule has 110 valence electrons. The highest BCUT2D eigenvalue weighted by molar-refractivity contribution is 5.90. The Morgan fingerprint density at radius 1 is 1.15 bits per heavy atom. The fraction of sp³-hybridized carbons (Fsp3) is 0.429. The lowest BCUT2D eigenvalue weighted by Gasteiger charge is -2.06. The lowest BCUT2D eigenvalue weighted by Crippen LogP contribution is -2.29. The standard InChI is InChI=1S/C14H21N3O3/c1-20-12-8-6-11(7-9-12)17-13(18)5-3-2-4-10-16-14(15)19/h6-9H,2-5,10H2,1H3,(H,17,18)(H3,15,16,19). The van der Waals surface area contributed by atoms with Crippen molar-refractivity contribution in [3.05, 3.63) is 24.3 Å². The van der Waals surface area contributed by atoms with E-state index in [0.717, 1.165) is 30.7 Å².